The summed E-state index contributed by atoms with van der Waals surface area (Å²) in [7, 11) is 1.96. The quantitative estimate of drug-likeness (QED) is 0.685. The lowest BCUT2D eigenvalue weighted by Crippen LogP contribution is -2.34. The molecular formula is C13H24N4. The number of hydrogen-bond acceptors (Lipinski definition) is 3. The average Bonchev–Trinajstić information content (AvgIpc) is 3.08. The fourth-order valence-electron chi connectivity index (χ4n) is 2.22. The molecule has 0 unspecified atom stereocenters. The van der Waals surface area contributed by atoms with Gasteiger partial charge in [-0.2, -0.15) is 5.10 Å². The molecule has 0 saturated heterocycles. The standard InChI is InChI=1S/C13H24N4/c1-3-17(13-4-5-13)9-8-14-7-6-12-10-15-16(2)11-12/h10-11,13-14H,3-9H2,1-2H3. The van der Waals surface area contributed by atoms with E-state index in [1.165, 1.54) is 31.5 Å². The molecule has 4 nitrogen and oxygen atoms in total. The van der Waals surface area contributed by atoms with Crippen LogP contribution in [0.5, 0.6) is 0 Å². The van der Waals surface area contributed by atoms with Gasteiger partial charge in [-0.1, -0.05) is 6.92 Å². The van der Waals surface area contributed by atoms with E-state index < -0.39 is 0 Å². The van der Waals surface area contributed by atoms with Crippen LogP contribution in [-0.2, 0) is 13.5 Å². The summed E-state index contributed by atoms with van der Waals surface area (Å²) in [6.45, 7) is 6.79. The van der Waals surface area contributed by atoms with Crippen molar-refractivity contribution in [2.24, 2.45) is 7.05 Å². The summed E-state index contributed by atoms with van der Waals surface area (Å²) in [5.74, 6) is 0. The minimum Gasteiger partial charge on any atom is -0.315 e. The van der Waals surface area contributed by atoms with Gasteiger partial charge in [0.25, 0.3) is 0 Å². The highest BCUT2D eigenvalue weighted by atomic mass is 15.2. The summed E-state index contributed by atoms with van der Waals surface area (Å²) < 4.78 is 1.86. The minimum atomic E-state index is 0.889. The Labute approximate surface area is 104 Å². The van der Waals surface area contributed by atoms with E-state index in [1.54, 1.807) is 0 Å². The number of rotatable bonds is 8. The molecular weight excluding hydrogens is 212 g/mol. The molecule has 1 fully saturated rings. The zero-order valence-corrected chi connectivity index (χ0v) is 11.0. The maximum absolute atomic E-state index is 4.17. The molecule has 96 valence electrons. The van der Waals surface area contributed by atoms with E-state index >= 15 is 0 Å². The first-order chi connectivity index (χ1) is 8.29. The van der Waals surface area contributed by atoms with Gasteiger partial charge < -0.3 is 5.32 Å². The van der Waals surface area contributed by atoms with Gasteiger partial charge >= 0.3 is 0 Å². The molecule has 1 aliphatic rings. The molecule has 2 rings (SSSR count). The highest BCUT2D eigenvalue weighted by molar-refractivity contribution is 5.03. The Morgan fingerprint density at radius 3 is 2.88 bits per heavy atom. The van der Waals surface area contributed by atoms with Crippen LogP contribution in [0.1, 0.15) is 25.3 Å². The zero-order valence-electron chi connectivity index (χ0n) is 11.0. The predicted molar refractivity (Wildman–Crippen MR) is 70.1 cm³/mol. The second-order valence-electron chi connectivity index (χ2n) is 4.88. The van der Waals surface area contributed by atoms with Crippen LogP contribution in [0.2, 0.25) is 0 Å². The van der Waals surface area contributed by atoms with Crippen LogP contribution >= 0.6 is 0 Å². The lowest BCUT2D eigenvalue weighted by molar-refractivity contribution is 0.277. The molecule has 0 aliphatic heterocycles. The van der Waals surface area contributed by atoms with Crippen molar-refractivity contribution >= 4 is 0 Å². The van der Waals surface area contributed by atoms with Crippen LogP contribution in [0.15, 0.2) is 12.4 Å². The van der Waals surface area contributed by atoms with Crippen LogP contribution in [0.25, 0.3) is 0 Å². The minimum absolute atomic E-state index is 0.889. The van der Waals surface area contributed by atoms with Gasteiger partial charge in [0, 0.05) is 32.4 Å². The van der Waals surface area contributed by atoms with Gasteiger partial charge in [-0.05, 0) is 37.9 Å². The van der Waals surface area contributed by atoms with E-state index in [0.29, 0.717) is 0 Å². The molecule has 1 aromatic rings. The van der Waals surface area contributed by atoms with Gasteiger partial charge in [-0.15, -0.1) is 0 Å². The van der Waals surface area contributed by atoms with Gasteiger partial charge in [0.15, 0.2) is 0 Å². The third-order valence-electron chi connectivity index (χ3n) is 3.39. The van der Waals surface area contributed by atoms with Crippen molar-refractivity contribution in [2.45, 2.75) is 32.2 Å². The van der Waals surface area contributed by atoms with Crippen LogP contribution in [0.3, 0.4) is 0 Å². The Hall–Kier alpha value is -0.870. The third-order valence-corrected chi connectivity index (χ3v) is 3.39. The van der Waals surface area contributed by atoms with Gasteiger partial charge in [-0.25, -0.2) is 0 Å². The molecule has 4 heteroatoms. The van der Waals surface area contributed by atoms with Crippen molar-refractivity contribution in [3.63, 3.8) is 0 Å². The first kappa shape index (κ1) is 12.6. The molecule has 1 aromatic heterocycles. The highest BCUT2D eigenvalue weighted by Crippen LogP contribution is 2.25. The first-order valence-corrected chi connectivity index (χ1v) is 6.72. The Bertz CT molecular complexity index is 330. The summed E-state index contributed by atoms with van der Waals surface area (Å²) in [6, 6.07) is 0.889. The molecule has 1 aliphatic carbocycles. The SMILES string of the molecule is CCN(CCNCCc1cnn(C)c1)C1CC1. The summed E-state index contributed by atoms with van der Waals surface area (Å²) >= 11 is 0. The van der Waals surface area contributed by atoms with Crippen molar-refractivity contribution in [1.82, 2.24) is 20.0 Å². The number of hydrogen-bond donors (Lipinski definition) is 1. The van der Waals surface area contributed by atoms with Crippen molar-refractivity contribution < 1.29 is 0 Å². The fourth-order valence-corrected chi connectivity index (χ4v) is 2.22. The van der Waals surface area contributed by atoms with Gasteiger partial charge in [0.2, 0.25) is 0 Å². The van der Waals surface area contributed by atoms with Crippen molar-refractivity contribution in [3.8, 4) is 0 Å². The Morgan fingerprint density at radius 1 is 1.47 bits per heavy atom. The van der Waals surface area contributed by atoms with Crippen molar-refractivity contribution in [2.75, 3.05) is 26.2 Å². The number of nitrogens with one attached hydrogen (secondary N) is 1. The van der Waals surface area contributed by atoms with E-state index in [0.717, 1.165) is 25.6 Å². The van der Waals surface area contributed by atoms with Crippen LogP contribution in [-0.4, -0.2) is 46.9 Å². The number of likely N-dealkylation sites (N-methyl/N-ethyl adjacent to an activating group) is 1. The van der Waals surface area contributed by atoms with E-state index in [2.05, 4.69) is 28.4 Å². The molecule has 1 saturated carbocycles. The van der Waals surface area contributed by atoms with Crippen LogP contribution in [0.4, 0.5) is 0 Å². The highest BCUT2D eigenvalue weighted by Gasteiger charge is 2.26. The van der Waals surface area contributed by atoms with Gasteiger partial charge in [0.05, 0.1) is 6.20 Å². The normalized spacial score (nSPS) is 15.7. The maximum atomic E-state index is 4.17. The predicted octanol–water partition coefficient (Wildman–Crippen LogP) is 1.04. The summed E-state index contributed by atoms with van der Waals surface area (Å²) in [5.41, 5.74) is 1.31. The first-order valence-electron chi connectivity index (χ1n) is 6.72. The molecule has 0 atom stereocenters. The maximum Gasteiger partial charge on any atom is 0.0522 e. The van der Waals surface area contributed by atoms with Crippen LogP contribution in [0, 0.1) is 0 Å². The second-order valence-corrected chi connectivity index (χ2v) is 4.88. The van der Waals surface area contributed by atoms with E-state index in [9.17, 15) is 0 Å². The molecule has 0 radical (unpaired) electrons. The molecule has 0 bridgehead atoms. The van der Waals surface area contributed by atoms with Gasteiger partial charge in [-0.3, -0.25) is 9.58 Å². The number of aromatic nitrogens is 2. The summed E-state index contributed by atoms with van der Waals surface area (Å²) in [5, 5.41) is 7.68. The largest absolute Gasteiger partial charge is 0.315 e. The average molecular weight is 236 g/mol. The van der Waals surface area contributed by atoms with Crippen LogP contribution < -0.4 is 5.32 Å². The molecule has 17 heavy (non-hydrogen) atoms. The Balaban J connectivity index is 1.54. The zero-order chi connectivity index (χ0) is 12.1. The van der Waals surface area contributed by atoms with E-state index in [-0.39, 0.29) is 0 Å². The molecule has 0 spiro atoms. The fraction of sp³-hybridized carbons (Fsp3) is 0.769. The Morgan fingerprint density at radius 2 is 2.29 bits per heavy atom. The summed E-state index contributed by atoms with van der Waals surface area (Å²) in [4.78, 5) is 2.58. The topological polar surface area (TPSA) is 33.1 Å². The molecule has 1 heterocycles. The monoisotopic (exact) mass is 236 g/mol. The lowest BCUT2D eigenvalue weighted by atomic mass is 10.2. The molecule has 1 N–H and O–H groups in total. The number of aryl methyl sites for hydroxylation is 1. The second kappa shape index (κ2) is 6.17. The molecule has 0 aromatic carbocycles. The van der Waals surface area contributed by atoms with Gasteiger partial charge in [0.1, 0.15) is 0 Å². The van der Waals surface area contributed by atoms with Crippen molar-refractivity contribution in [1.29, 1.82) is 0 Å². The Kier molecular flexibility index (Phi) is 4.57. The molecule has 0 amide bonds. The number of nitrogens with zero attached hydrogens (tertiary/aromatic N) is 3. The van der Waals surface area contributed by atoms with Crippen molar-refractivity contribution in [3.05, 3.63) is 18.0 Å². The third kappa shape index (κ3) is 4.13. The van der Waals surface area contributed by atoms with E-state index in [4.69, 9.17) is 0 Å². The summed E-state index contributed by atoms with van der Waals surface area (Å²) in [6.07, 6.45) is 7.92. The lowest BCUT2D eigenvalue weighted by Gasteiger charge is -2.19. The van der Waals surface area contributed by atoms with E-state index in [1.807, 2.05) is 17.9 Å². The smallest absolute Gasteiger partial charge is 0.0522 e.